The van der Waals surface area contributed by atoms with Gasteiger partial charge in [-0.2, -0.15) is 0 Å². The Morgan fingerprint density at radius 1 is 1.35 bits per heavy atom. The van der Waals surface area contributed by atoms with Crippen LogP contribution in [-0.2, 0) is 13.5 Å². The zero-order chi connectivity index (χ0) is 14.3. The van der Waals surface area contributed by atoms with E-state index in [0.717, 1.165) is 18.4 Å². The molecule has 1 aliphatic carbocycles. The maximum atomic E-state index is 6.36. The first-order chi connectivity index (χ1) is 9.46. The third kappa shape index (κ3) is 2.47. The summed E-state index contributed by atoms with van der Waals surface area (Å²) in [5.41, 5.74) is 9.08. The average molecular weight is 271 g/mol. The number of aromatic nitrogens is 2. The van der Waals surface area contributed by atoms with Gasteiger partial charge in [-0.25, -0.2) is 4.98 Å². The summed E-state index contributed by atoms with van der Waals surface area (Å²) in [5, 5.41) is 0. The molecule has 1 aliphatic rings. The number of benzene rings is 1. The second-order valence-electron chi connectivity index (χ2n) is 7.11. The topological polar surface area (TPSA) is 43.8 Å². The molecule has 1 fully saturated rings. The molecule has 3 rings (SSSR count). The monoisotopic (exact) mass is 271 g/mol. The van der Waals surface area contributed by atoms with Crippen LogP contribution >= 0.6 is 0 Å². The highest BCUT2D eigenvalue weighted by atomic mass is 15.1. The Labute approximate surface area is 121 Å². The lowest BCUT2D eigenvalue weighted by Gasteiger charge is -2.39. The zero-order valence-electron chi connectivity index (χ0n) is 12.8. The number of imidazole rings is 1. The van der Waals surface area contributed by atoms with Crippen LogP contribution in [0, 0.1) is 11.3 Å². The first kappa shape index (κ1) is 13.6. The summed E-state index contributed by atoms with van der Waals surface area (Å²) in [6.45, 7) is 4.72. The van der Waals surface area contributed by atoms with E-state index in [9.17, 15) is 0 Å². The minimum atomic E-state index is 0.322. The van der Waals surface area contributed by atoms with Crippen molar-refractivity contribution >= 4 is 11.0 Å². The highest BCUT2D eigenvalue weighted by molar-refractivity contribution is 5.75. The molecule has 2 unspecified atom stereocenters. The van der Waals surface area contributed by atoms with E-state index in [1.165, 1.54) is 24.2 Å². The molecular weight excluding hydrogens is 246 g/mol. The van der Waals surface area contributed by atoms with E-state index in [2.05, 4.69) is 49.7 Å². The van der Waals surface area contributed by atoms with Gasteiger partial charge in [0, 0.05) is 19.5 Å². The van der Waals surface area contributed by atoms with Crippen LogP contribution in [0.4, 0.5) is 0 Å². The molecule has 20 heavy (non-hydrogen) atoms. The highest BCUT2D eigenvalue weighted by Gasteiger charge is 2.33. The summed E-state index contributed by atoms with van der Waals surface area (Å²) in [5.74, 6) is 1.72. The fourth-order valence-corrected chi connectivity index (χ4v) is 3.59. The van der Waals surface area contributed by atoms with E-state index in [0.29, 0.717) is 17.4 Å². The molecule has 3 nitrogen and oxygen atoms in total. The predicted molar refractivity (Wildman–Crippen MR) is 83.5 cm³/mol. The summed E-state index contributed by atoms with van der Waals surface area (Å²) in [7, 11) is 2.12. The average Bonchev–Trinajstić information content (AvgIpc) is 2.71. The number of aryl methyl sites for hydroxylation is 1. The third-order valence-corrected chi connectivity index (χ3v) is 4.90. The van der Waals surface area contributed by atoms with Gasteiger partial charge in [0.15, 0.2) is 0 Å². The molecule has 2 N–H and O–H groups in total. The van der Waals surface area contributed by atoms with Crippen molar-refractivity contribution in [3.63, 3.8) is 0 Å². The zero-order valence-corrected chi connectivity index (χ0v) is 12.8. The van der Waals surface area contributed by atoms with Gasteiger partial charge in [0.25, 0.3) is 0 Å². The van der Waals surface area contributed by atoms with E-state index < -0.39 is 0 Å². The lowest BCUT2D eigenvalue weighted by atomic mass is 9.69. The Balaban J connectivity index is 1.87. The molecule has 2 atom stereocenters. The minimum Gasteiger partial charge on any atom is -0.331 e. The number of fused-ring (bicyclic) bond motifs is 1. The van der Waals surface area contributed by atoms with Crippen LogP contribution in [0.5, 0.6) is 0 Å². The van der Waals surface area contributed by atoms with Gasteiger partial charge in [-0.3, -0.25) is 0 Å². The fraction of sp³-hybridized carbons (Fsp3) is 0.588. The minimum absolute atomic E-state index is 0.322. The molecule has 2 aromatic rings. The van der Waals surface area contributed by atoms with E-state index in [4.69, 9.17) is 10.7 Å². The van der Waals surface area contributed by atoms with Gasteiger partial charge in [-0.15, -0.1) is 0 Å². The standard InChI is InChI=1S/C17H25N3/c1-17(2)9-8-13(18)12(11-17)10-16-19-14-6-4-5-7-15(14)20(16)3/h4-7,12-13H,8-11,18H2,1-3H3. The Morgan fingerprint density at radius 3 is 2.85 bits per heavy atom. The first-order valence-corrected chi connectivity index (χ1v) is 7.62. The predicted octanol–water partition coefficient (Wildman–Crippen LogP) is 3.27. The van der Waals surface area contributed by atoms with Crippen molar-refractivity contribution in [2.75, 3.05) is 0 Å². The maximum Gasteiger partial charge on any atom is 0.109 e. The second kappa shape index (κ2) is 4.88. The van der Waals surface area contributed by atoms with Gasteiger partial charge in [0.1, 0.15) is 5.82 Å². The molecule has 0 spiro atoms. The Hall–Kier alpha value is -1.35. The number of nitrogens with two attached hydrogens (primary N) is 1. The molecule has 0 bridgehead atoms. The Bertz CT molecular complexity index is 612. The quantitative estimate of drug-likeness (QED) is 0.911. The summed E-state index contributed by atoms with van der Waals surface area (Å²) < 4.78 is 2.23. The maximum absolute atomic E-state index is 6.36. The van der Waals surface area contributed by atoms with Gasteiger partial charge in [0.05, 0.1) is 11.0 Å². The molecular formula is C17H25N3. The fourth-order valence-electron chi connectivity index (χ4n) is 3.59. The van der Waals surface area contributed by atoms with Crippen molar-refractivity contribution < 1.29 is 0 Å². The number of rotatable bonds is 2. The molecule has 0 radical (unpaired) electrons. The Morgan fingerprint density at radius 2 is 2.10 bits per heavy atom. The van der Waals surface area contributed by atoms with Crippen molar-refractivity contribution in [3.05, 3.63) is 30.1 Å². The summed E-state index contributed by atoms with van der Waals surface area (Å²) in [6, 6.07) is 8.67. The van der Waals surface area contributed by atoms with Gasteiger partial charge >= 0.3 is 0 Å². The molecule has 0 aliphatic heterocycles. The van der Waals surface area contributed by atoms with Gasteiger partial charge in [-0.1, -0.05) is 26.0 Å². The van der Waals surface area contributed by atoms with Crippen molar-refractivity contribution in [3.8, 4) is 0 Å². The van der Waals surface area contributed by atoms with Gasteiger partial charge in [-0.05, 0) is 42.7 Å². The van der Waals surface area contributed by atoms with Crippen molar-refractivity contribution in [2.45, 2.75) is 45.6 Å². The van der Waals surface area contributed by atoms with E-state index in [1.54, 1.807) is 0 Å². The molecule has 0 saturated heterocycles. The molecule has 1 heterocycles. The number of nitrogens with zero attached hydrogens (tertiary/aromatic N) is 2. The van der Waals surface area contributed by atoms with E-state index in [-0.39, 0.29) is 0 Å². The Kier molecular flexibility index (Phi) is 3.33. The van der Waals surface area contributed by atoms with E-state index in [1.807, 2.05) is 0 Å². The van der Waals surface area contributed by atoms with Gasteiger partial charge in [0.2, 0.25) is 0 Å². The van der Waals surface area contributed by atoms with Gasteiger partial charge < -0.3 is 10.3 Å². The summed E-state index contributed by atoms with van der Waals surface area (Å²) in [4.78, 5) is 4.80. The van der Waals surface area contributed by atoms with Crippen LogP contribution in [0.15, 0.2) is 24.3 Å². The van der Waals surface area contributed by atoms with Crippen molar-refractivity contribution in [1.29, 1.82) is 0 Å². The van der Waals surface area contributed by atoms with Crippen molar-refractivity contribution in [2.24, 2.45) is 24.1 Å². The molecule has 1 aromatic heterocycles. The lowest BCUT2D eigenvalue weighted by molar-refractivity contribution is 0.155. The smallest absolute Gasteiger partial charge is 0.109 e. The molecule has 3 heteroatoms. The highest BCUT2D eigenvalue weighted by Crippen LogP contribution is 2.39. The molecule has 0 amide bonds. The molecule has 108 valence electrons. The van der Waals surface area contributed by atoms with E-state index >= 15 is 0 Å². The number of hydrogen-bond donors (Lipinski definition) is 1. The molecule has 1 aromatic carbocycles. The van der Waals surface area contributed by atoms with Crippen LogP contribution in [-0.4, -0.2) is 15.6 Å². The molecule has 1 saturated carbocycles. The van der Waals surface area contributed by atoms with Crippen LogP contribution in [0.1, 0.15) is 38.9 Å². The largest absolute Gasteiger partial charge is 0.331 e. The summed E-state index contributed by atoms with van der Waals surface area (Å²) in [6.07, 6.45) is 4.59. The van der Waals surface area contributed by atoms with Crippen LogP contribution in [0.3, 0.4) is 0 Å². The van der Waals surface area contributed by atoms with Crippen molar-refractivity contribution in [1.82, 2.24) is 9.55 Å². The second-order valence-corrected chi connectivity index (χ2v) is 7.11. The van der Waals surface area contributed by atoms with Crippen LogP contribution in [0.25, 0.3) is 11.0 Å². The number of hydrogen-bond acceptors (Lipinski definition) is 2. The summed E-state index contributed by atoms with van der Waals surface area (Å²) >= 11 is 0. The number of para-hydroxylation sites is 2. The normalized spacial score (nSPS) is 26.0. The van der Waals surface area contributed by atoms with Crippen LogP contribution < -0.4 is 5.73 Å². The lowest BCUT2D eigenvalue weighted by Crippen LogP contribution is -2.40. The third-order valence-electron chi connectivity index (χ3n) is 4.90. The first-order valence-electron chi connectivity index (χ1n) is 7.62. The van der Waals surface area contributed by atoms with Crippen LogP contribution in [0.2, 0.25) is 0 Å². The SMILES string of the molecule is Cn1c(CC2CC(C)(C)CCC2N)nc2ccccc21.